The second-order valence-electron chi connectivity index (χ2n) is 4.29. The highest BCUT2D eigenvalue weighted by Crippen LogP contribution is 2.13. The number of amides is 1. The van der Waals surface area contributed by atoms with Crippen molar-refractivity contribution in [2.24, 2.45) is 0 Å². The summed E-state index contributed by atoms with van der Waals surface area (Å²) in [5.41, 5.74) is 2.53. The molecule has 0 bridgehead atoms. The summed E-state index contributed by atoms with van der Waals surface area (Å²) in [5, 5.41) is 6.14. The summed E-state index contributed by atoms with van der Waals surface area (Å²) in [7, 11) is 0. The maximum absolute atomic E-state index is 11.3. The first kappa shape index (κ1) is 13.7. The molecule has 1 atom stereocenters. The van der Waals surface area contributed by atoms with Crippen molar-refractivity contribution < 1.29 is 4.79 Å². The van der Waals surface area contributed by atoms with Crippen LogP contribution >= 0.6 is 0 Å². The molecule has 0 fully saturated rings. The van der Waals surface area contributed by atoms with E-state index in [0.717, 1.165) is 0 Å². The fraction of sp³-hybridized carbons (Fsp3) is 0.500. The summed E-state index contributed by atoms with van der Waals surface area (Å²) in [5.74, 6) is 0.108. The summed E-state index contributed by atoms with van der Waals surface area (Å²) in [6.45, 7) is 7.55. The molecule has 2 N–H and O–H groups in total. The van der Waals surface area contributed by atoms with E-state index in [2.05, 4.69) is 48.7 Å². The second-order valence-corrected chi connectivity index (χ2v) is 4.29. The van der Waals surface area contributed by atoms with E-state index in [-0.39, 0.29) is 11.9 Å². The lowest BCUT2D eigenvalue weighted by Crippen LogP contribution is -2.28. The summed E-state index contributed by atoms with van der Waals surface area (Å²) in [4.78, 5) is 11.3. The van der Waals surface area contributed by atoms with E-state index in [1.54, 1.807) is 0 Å². The van der Waals surface area contributed by atoms with Crippen molar-refractivity contribution in [1.82, 2.24) is 10.6 Å². The van der Waals surface area contributed by atoms with Crippen LogP contribution in [0, 0.1) is 6.92 Å². The molecule has 1 aromatic carbocycles. The van der Waals surface area contributed by atoms with E-state index in [9.17, 15) is 4.79 Å². The van der Waals surface area contributed by atoms with Gasteiger partial charge in [0.1, 0.15) is 0 Å². The fourth-order valence-electron chi connectivity index (χ4n) is 1.75. The van der Waals surface area contributed by atoms with E-state index in [1.165, 1.54) is 11.1 Å². The van der Waals surface area contributed by atoms with Crippen LogP contribution in [0.3, 0.4) is 0 Å². The van der Waals surface area contributed by atoms with Gasteiger partial charge in [-0.2, -0.15) is 0 Å². The third-order valence-corrected chi connectivity index (χ3v) is 2.72. The van der Waals surface area contributed by atoms with Gasteiger partial charge in [0.25, 0.3) is 0 Å². The zero-order valence-corrected chi connectivity index (χ0v) is 10.9. The van der Waals surface area contributed by atoms with E-state index in [0.29, 0.717) is 19.5 Å². The summed E-state index contributed by atoms with van der Waals surface area (Å²) in [6.07, 6.45) is 0.532. The van der Waals surface area contributed by atoms with Crippen LogP contribution in [-0.2, 0) is 4.79 Å². The minimum absolute atomic E-state index is 0.108. The van der Waals surface area contributed by atoms with Crippen LogP contribution < -0.4 is 10.6 Å². The highest BCUT2D eigenvalue weighted by molar-refractivity contribution is 5.75. The van der Waals surface area contributed by atoms with Gasteiger partial charge in [0.05, 0.1) is 0 Å². The van der Waals surface area contributed by atoms with Crippen molar-refractivity contribution in [1.29, 1.82) is 0 Å². The number of carbonyl (C=O) groups excluding carboxylic acids is 1. The maximum atomic E-state index is 11.3. The van der Waals surface area contributed by atoms with E-state index < -0.39 is 0 Å². The van der Waals surface area contributed by atoms with Gasteiger partial charge in [-0.1, -0.05) is 29.8 Å². The largest absolute Gasteiger partial charge is 0.356 e. The Kier molecular flexibility index (Phi) is 5.70. The molecule has 1 amide bonds. The van der Waals surface area contributed by atoms with Gasteiger partial charge in [-0.05, 0) is 26.3 Å². The molecule has 0 saturated heterocycles. The van der Waals surface area contributed by atoms with Crippen LogP contribution in [0.2, 0.25) is 0 Å². The van der Waals surface area contributed by atoms with Crippen molar-refractivity contribution in [2.75, 3.05) is 13.1 Å². The molecule has 0 heterocycles. The van der Waals surface area contributed by atoms with Crippen LogP contribution in [-0.4, -0.2) is 19.0 Å². The van der Waals surface area contributed by atoms with Crippen LogP contribution in [0.5, 0.6) is 0 Å². The predicted molar refractivity (Wildman–Crippen MR) is 70.9 cm³/mol. The molecule has 0 saturated carbocycles. The number of carbonyl (C=O) groups is 1. The second kappa shape index (κ2) is 7.07. The Morgan fingerprint density at radius 3 is 2.82 bits per heavy atom. The molecule has 0 aliphatic rings. The number of benzene rings is 1. The van der Waals surface area contributed by atoms with E-state index in [1.807, 2.05) is 6.92 Å². The van der Waals surface area contributed by atoms with Crippen LogP contribution in [0.4, 0.5) is 0 Å². The van der Waals surface area contributed by atoms with Gasteiger partial charge >= 0.3 is 0 Å². The molecule has 1 aromatic rings. The Hall–Kier alpha value is -1.35. The van der Waals surface area contributed by atoms with Gasteiger partial charge in [0.15, 0.2) is 0 Å². The Bertz CT molecular complexity index is 363. The average molecular weight is 234 g/mol. The zero-order valence-electron chi connectivity index (χ0n) is 10.9. The maximum Gasteiger partial charge on any atom is 0.221 e. The minimum Gasteiger partial charge on any atom is -0.356 e. The van der Waals surface area contributed by atoms with Gasteiger partial charge in [-0.3, -0.25) is 4.79 Å². The molecule has 0 spiro atoms. The first-order valence-electron chi connectivity index (χ1n) is 6.20. The molecule has 3 heteroatoms. The number of aryl methyl sites for hydroxylation is 1. The molecule has 0 radical (unpaired) electrons. The standard InChI is InChI=1S/C14H22N2O/c1-4-15-14(17)8-9-16-12(3)13-7-5-6-11(2)10-13/h5-7,10,12,16H,4,8-9H2,1-3H3,(H,15,17)/t12-/m1/s1. The fourth-order valence-corrected chi connectivity index (χ4v) is 1.75. The van der Waals surface area contributed by atoms with Gasteiger partial charge in [-0.15, -0.1) is 0 Å². The molecule has 0 aliphatic carbocycles. The number of hydrogen-bond acceptors (Lipinski definition) is 2. The van der Waals surface area contributed by atoms with Gasteiger partial charge in [0, 0.05) is 25.6 Å². The van der Waals surface area contributed by atoms with Crippen molar-refractivity contribution in [2.45, 2.75) is 33.2 Å². The molecule has 1 rings (SSSR count). The summed E-state index contributed by atoms with van der Waals surface area (Å²) < 4.78 is 0. The van der Waals surface area contributed by atoms with Crippen molar-refractivity contribution in [3.8, 4) is 0 Å². The van der Waals surface area contributed by atoms with Crippen molar-refractivity contribution in [3.05, 3.63) is 35.4 Å². The zero-order chi connectivity index (χ0) is 12.7. The first-order valence-corrected chi connectivity index (χ1v) is 6.20. The molecule has 0 aromatic heterocycles. The molecule has 0 aliphatic heterocycles. The Labute approximate surface area is 104 Å². The highest BCUT2D eigenvalue weighted by atomic mass is 16.1. The minimum atomic E-state index is 0.108. The predicted octanol–water partition coefficient (Wildman–Crippen LogP) is 2.17. The number of nitrogens with one attached hydrogen (secondary N) is 2. The van der Waals surface area contributed by atoms with Crippen LogP contribution in [0.1, 0.15) is 37.4 Å². The van der Waals surface area contributed by atoms with Gasteiger partial charge < -0.3 is 10.6 Å². The monoisotopic (exact) mass is 234 g/mol. The molecular weight excluding hydrogens is 212 g/mol. The van der Waals surface area contributed by atoms with E-state index in [4.69, 9.17) is 0 Å². The van der Waals surface area contributed by atoms with Gasteiger partial charge in [0.2, 0.25) is 5.91 Å². The molecule has 17 heavy (non-hydrogen) atoms. The van der Waals surface area contributed by atoms with Gasteiger partial charge in [-0.25, -0.2) is 0 Å². The molecule has 0 unspecified atom stereocenters. The lowest BCUT2D eigenvalue weighted by Gasteiger charge is -2.14. The number of hydrogen-bond donors (Lipinski definition) is 2. The van der Waals surface area contributed by atoms with Crippen LogP contribution in [0.15, 0.2) is 24.3 Å². The summed E-state index contributed by atoms with van der Waals surface area (Å²) in [6, 6.07) is 8.71. The Balaban J connectivity index is 2.35. The number of rotatable bonds is 6. The van der Waals surface area contributed by atoms with Crippen LogP contribution in [0.25, 0.3) is 0 Å². The van der Waals surface area contributed by atoms with E-state index >= 15 is 0 Å². The third-order valence-electron chi connectivity index (χ3n) is 2.72. The smallest absolute Gasteiger partial charge is 0.221 e. The molecule has 94 valence electrons. The third kappa shape index (κ3) is 5.00. The SMILES string of the molecule is CCNC(=O)CCN[C@H](C)c1cccc(C)c1. The van der Waals surface area contributed by atoms with Crippen molar-refractivity contribution >= 4 is 5.91 Å². The topological polar surface area (TPSA) is 41.1 Å². The Morgan fingerprint density at radius 2 is 2.18 bits per heavy atom. The highest BCUT2D eigenvalue weighted by Gasteiger charge is 2.05. The Morgan fingerprint density at radius 1 is 1.41 bits per heavy atom. The lowest BCUT2D eigenvalue weighted by molar-refractivity contribution is -0.120. The average Bonchev–Trinajstić information content (AvgIpc) is 2.29. The molecular formula is C14H22N2O. The quantitative estimate of drug-likeness (QED) is 0.792. The molecule has 3 nitrogen and oxygen atoms in total. The normalized spacial score (nSPS) is 12.2. The summed E-state index contributed by atoms with van der Waals surface area (Å²) >= 11 is 0. The first-order chi connectivity index (χ1) is 8.13. The van der Waals surface area contributed by atoms with Crippen molar-refractivity contribution in [3.63, 3.8) is 0 Å². The lowest BCUT2D eigenvalue weighted by atomic mass is 10.1.